The second-order valence-corrected chi connectivity index (χ2v) is 5.40. The van der Waals surface area contributed by atoms with E-state index in [-0.39, 0.29) is 11.8 Å². The fraction of sp³-hybridized carbons (Fsp3) is 0.529. The van der Waals surface area contributed by atoms with Crippen molar-refractivity contribution in [2.24, 2.45) is 0 Å². The number of rotatable bonds is 10. The normalized spacial score (nSPS) is 10.1. The summed E-state index contributed by atoms with van der Waals surface area (Å²) in [6, 6.07) is 10.1. The van der Waals surface area contributed by atoms with Gasteiger partial charge in [0.15, 0.2) is 0 Å². The van der Waals surface area contributed by atoms with Crippen molar-refractivity contribution in [3.8, 4) is 0 Å². The molecule has 0 heterocycles. The number of hydrogen-bond acceptors (Lipinski definition) is 3. The Hall–Kier alpha value is -2.04. The van der Waals surface area contributed by atoms with Gasteiger partial charge < -0.3 is 15.5 Å². The molecule has 0 saturated heterocycles. The fourth-order valence-corrected chi connectivity index (χ4v) is 2.11. The minimum atomic E-state index is 0.000258. The predicted octanol–water partition coefficient (Wildman–Crippen LogP) is 1.94. The van der Waals surface area contributed by atoms with Gasteiger partial charge in [0.1, 0.15) is 0 Å². The van der Waals surface area contributed by atoms with Crippen LogP contribution in [0.4, 0.5) is 5.69 Å². The summed E-state index contributed by atoms with van der Waals surface area (Å²) < 4.78 is 0. The zero-order valence-electron chi connectivity index (χ0n) is 13.6. The third kappa shape index (κ3) is 8.29. The quantitative estimate of drug-likeness (QED) is 0.649. The molecule has 1 aromatic rings. The van der Waals surface area contributed by atoms with E-state index >= 15 is 0 Å². The Morgan fingerprint density at radius 3 is 2.41 bits per heavy atom. The topological polar surface area (TPSA) is 61.4 Å². The number of benzene rings is 1. The minimum Gasteiger partial charge on any atom is -0.373 e. The van der Waals surface area contributed by atoms with Crippen LogP contribution in [0.15, 0.2) is 30.3 Å². The average Bonchev–Trinajstić information content (AvgIpc) is 2.51. The van der Waals surface area contributed by atoms with Crippen LogP contribution in [0, 0.1) is 0 Å². The summed E-state index contributed by atoms with van der Waals surface area (Å²) in [4.78, 5) is 24.5. The molecule has 122 valence electrons. The van der Waals surface area contributed by atoms with Crippen molar-refractivity contribution in [1.29, 1.82) is 0 Å². The molecule has 0 spiro atoms. The van der Waals surface area contributed by atoms with Gasteiger partial charge in [-0.3, -0.25) is 9.59 Å². The van der Waals surface area contributed by atoms with Gasteiger partial charge in [-0.25, -0.2) is 0 Å². The zero-order valence-corrected chi connectivity index (χ0v) is 13.6. The van der Waals surface area contributed by atoms with E-state index in [9.17, 15) is 9.59 Å². The molecular weight excluding hydrogens is 278 g/mol. The van der Waals surface area contributed by atoms with E-state index in [2.05, 4.69) is 27.7 Å². The van der Waals surface area contributed by atoms with Crippen LogP contribution in [0.3, 0.4) is 0 Å². The van der Waals surface area contributed by atoms with Gasteiger partial charge in [-0.2, -0.15) is 0 Å². The highest BCUT2D eigenvalue weighted by atomic mass is 16.2. The molecule has 0 unspecified atom stereocenters. The van der Waals surface area contributed by atoms with E-state index in [1.165, 1.54) is 6.92 Å². The molecule has 5 heteroatoms. The minimum absolute atomic E-state index is 0.000258. The first-order chi connectivity index (χ1) is 10.6. The number of nitrogens with zero attached hydrogens (tertiary/aromatic N) is 1. The molecule has 0 saturated carbocycles. The van der Waals surface area contributed by atoms with Crippen LogP contribution in [-0.2, 0) is 9.59 Å². The van der Waals surface area contributed by atoms with E-state index in [4.69, 9.17) is 0 Å². The van der Waals surface area contributed by atoms with Crippen molar-refractivity contribution in [2.75, 3.05) is 31.6 Å². The summed E-state index contributed by atoms with van der Waals surface area (Å²) >= 11 is 0. The first-order valence-corrected chi connectivity index (χ1v) is 7.87. The maximum atomic E-state index is 11.7. The summed E-state index contributed by atoms with van der Waals surface area (Å²) in [6.07, 6.45) is 3.29. The Morgan fingerprint density at radius 1 is 1.00 bits per heavy atom. The lowest BCUT2D eigenvalue weighted by Crippen LogP contribution is -2.32. The second-order valence-electron chi connectivity index (χ2n) is 5.40. The SMILES string of the molecule is CC(=O)NCCCCCC(=O)NCCN(C)c1ccccc1. The molecule has 2 N–H and O–H groups in total. The van der Waals surface area contributed by atoms with Crippen LogP contribution in [0.1, 0.15) is 32.6 Å². The van der Waals surface area contributed by atoms with Gasteiger partial charge in [0.25, 0.3) is 0 Å². The number of unbranched alkanes of at least 4 members (excludes halogenated alkanes) is 2. The Labute approximate surface area is 133 Å². The number of para-hydroxylation sites is 1. The van der Waals surface area contributed by atoms with Crippen molar-refractivity contribution in [1.82, 2.24) is 10.6 Å². The second kappa shape index (κ2) is 10.7. The summed E-state index contributed by atoms with van der Waals surface area (Å²) in [5.41, 5.74) is 1.15. The van der Waals surface area contributed by atoms with Gasteiger partial charge in [0.05, 0.1) is 0 Å². The van der Waals surface area contributed by atoms with Crippen molar-refractivity contribution in [3.63, 3.8) is 0 Å². The largest absolute Gasteiger partial charge is 0.373 e. The molecule has 0 fully saturated rings. The number of hydrogen-bond donors (Lipinski definition) is 2. The molecule has 22 heavy (non-hydrogen) atoms. The molecule has 1 aromatic carbocycles. The summed E-state index contributed by atoms with van der Waals surface area (Å²) in [5.74, 6) is 0.0984. The summed E-state index contributed by atoms with van der Waals surface area (Å²) in [6.45, 7) is 3.65. The predicted molar refractivity (Wildman–Crippen MR) is 89.9 cm³/mol. The zero-order chi connectivity index (χ0) is 16.2. The molecule has 5 nitrogen and oxygen atoms in total. The van der Waals surface area contributed by atoms with Crippen molar-refractivity contribution in [2.45, 2.75) is 32.6 Å². The highest BCUT2D eigenvalue weighted by Gasteiger charge is 2.03. The van der Waals surface area contributed by atoms with Crippen LogP contribution in [0.2, 0.25) is 0 Å². The van der Waals surface area contributed by atoms with Crippen LogP contribution < -0.4 is 15.5 Å². The molecule has 1 rings (SSSR count). The van der Waals surface area contributed by atoms with Crippen LogP contribution in [0.5, 0.6) is 0 Å². The lowest BCUT2D eigenvalue weighted by atomic mass is 10.2. The number of nitrogens with one attached hydrogen (secondary N) is 2. The van der Waals surface area contributed by atoms with Gasteiger partial charge in [-0.1, -0.05) is 24.6 Å². The molecule has 0 aliphatic carbocycles. The van der Waals surface area contributed by atoms with E-state index in [1.54, 1.807) is 0 Å². The monoisotopic (exact) mass is 305 g/mol. The Bertz CT molecular complexity index is 448. The molecule has 0 atom stereocenters. The van der Waals surface area contributed by atoms with Gasteiger partial charge in [0, 0.05) is 45.7 Å². The van der Waals surface area contributed by atoms with Gasteiger partial charge in [0.2, 0.25) is 11.8 Å². The standard InChI is InChI=1S/C17H27N3O2/c1-15(21)18-12-8-4-7-11-17(22)19-13-14-20(2)16-9-5-3-6-10-16/h3,5-6,9-10H,4,7-8,11-14H2,1-2H3,(H,18,21)(H,19,22). The highest BCUT2D eigenvalue weighted by molar-refractivity contribution is 5.75. The molecule has 0 radical (unpaired) electrons. The number of likely N-dealkylation sites (N-methyl/N-ethyl adjacent to an activating group) is 1. The van der Waals surface area contributed by atoms with Crippen LogP contribution in [-0.4, -0.2) is 38.5 Å². The van der Waals surface area contributed by atoms with Crippen molar-refractivity contribution in [3.05, 3.63) is 30.3 Å². The lowest BCUT2D eigenvalue weighted by Gasteiger charge is -2.19. The highest BCUT2D eigenvalue weighted by Crippen LogP contribution is 2.09. The average molecular weight is 305 g/mol. The van der Waals surface area contributed by atoms with E-state index < -0.39 is 0 Å². The first kappa shape index (κ1) is 18.0. The smallest absolute Gasteiger partial charge is 0.220 e. The Morgan fingerprint density at radius 2 is 1.73 bits per heavy atom. The molecule has 0 aliphatic heterocycles. The van der Waals surface area contributed by atoms with Crippen molar-refractivity contribution < 1.29 is 9.59 Å². The number of anilines is 1. The fourth-order valence-electron chi connectivity index (χ4n) is 2.11. The third-order valence-electron chi connectivity index (χ3n) is 3.42. The first-order valence-electron chi connectivity index (χ1n) is 7.87. The Balaban J connectivity index is 2.03. The van der Waals surface area contributed by atoms with E-state index in [1.807, 2.05) is 25.2 Å². The molecule has 0 aliphatic rings. The number of carbonyl (C=O) groups excluding carboxylic acids is 2. The van der Waals surface area contributed by atoms with Gasteiger partial charge >= 0.3 is 0 Å². The van der Waals surface area contributed by atoms with Gasteiger partial charge in [-0.05, 0) is 25.0 Å². The summed E-state index contributed by atoms with van der Waals surface area (Å²) in [5, 5.41) is 5.69. The Kier molecular flexibility index (Phi) is 8.72. The molecule has 0 bridgehead atoms. The lowest BCUT2D eigenvalue weighted by molar-refractivity contribution is -0.121. The maximum absolute atomic E-state index is 11.7. The van der Waals surface area contributed by atoms with Crippen LogP contribution >= 0.6 is 0 Å². The number of carbonyl (C=O) groups is 2. The van der Waals surface area contributed by atoms with E-state index in [0.717, 1.165) is 31.5 Å². The summed E-state index contributed by atoms with van der Waals surface area (Å²) in [7, 11) is 2.02. The third-order valence-corrected chi connectivity index (χ3v) is 3.42. The van der Waals surface area contributed by atoms with Crippen LogP contribution in [0.25, 0.3) is 0 Å². The van der Waals surface area contributed by atoms with E-state index in [0.29, 0.717) is 19.5 Å². The molecule has 0 aromatic heterocycles. The van der Waals surface area contributed by atoms with Crippen molar-refractivity contribution >= 4 is 17.5 Å². The maximum Gasteiger partial charge on any atom is 0.220 e. The van der Waals surface area contributed by atoms with Gasteiger partial charge in [-0.15, -0.1) is 0 Å². The number of amides is 2. The molecular formula is C17H27N3O2. The molecule has 2 amide bonds.